The quantitative estimate of drug-likeness (QED) is 0.406. The van der Waals surface area contributed by atoms with Crippen molar-refractivity contribution in [1.82, 2.24) is 14.8 Å². The number of hydrogen-bond donors (Lipinski definition) is 0. The molecule has 1 aliphatic carbocycles. The average Bonchev–Trinajstić information content (AvgIpc) is 2.95. The van der Waals surface area contributed by atoms with Gasteiger partial charge in [-0.25, -0.2) is 9.59 Å². The van der Waals surface area contributed by atoms with Crippen molar-refractivity contribution in [3.8, 4) is 5.75 Å². The van der Waals surface area contributed by atoms with Crippen molar-refractivity contribution >= 4 is 18.0 Å². The molecule has 2 fully saturated rings. The zero-order valence-electron chi connectivity index (χ0n) is 23.8. The summed E-state index contributed by atoms with van der Waals surface area (Å²) in [6.07, 6.45) is 9.64. The first-order valence-corrected chi connectivity index (χ1v) is 14.3. The van der Waals surface area contributed by atoms with Gasteiger partial charge in [-0.05, 0) is 95.2 Å². The Bertz CT molecular complexity index is 1120. The van der Waals surface area contributed by atoms with Crippen LogP contribution in [-0.2, 0) is 20.8 Å². The highest BCUT2D eigenvalue weighted by Crippen LogP contribution is 2.24. The molecule has 1 saturated heterocycles. The first-order valence-electron chi connectivity index (χ1n) is 14.3. The van der Waals surface area contributed by atoms with Crippen LogP contribution in [0.15, 0.2) is 48.8 Å². The minimum atomic E-state index is -0.554. The second-order valence-corrected chi connectivity index (χ2v) is 11.6. The summed E-state index contributed by atoms with van der Waals surface area (Å²) in [4.78, 5) is 46.2. The van der Waals surface area contributed by atoms with Crippen LogP contribution >= 0.6 is 0 Å². The predicted molar refractivity (Wildman–Crippen MR) is 150 cm³/mol. The van der Waals surface area contributed by atoms with E-state index in [1.807, 2.05) is 37.8 Å². The van der Waals surface area contributed by atoms with Gasteiger partial charge in [-0.3, -0.25) is 9.78 Å². The summed E-state index contributed by atoms with van der Waals surface area (Å²) in [6.45, 7) is 6.84. The summed E-state index contributed by atoms with van der Waals surface area (Å²) in [5, 5.41) is 0. The highest BCUT2D eigenvalue weighted by molar-refractivity contribution is 5.94. The first kappa shape index (κ1) is 29.4. The number of rotatable bonds is 8. The number of esters is 1. The third-order valence-corrected chi connectivity index (χ3v) is 7.20. The second-order valence-electron chi connectivity index (χ2n) is 11.6. The monoisotopic (exact) mass is 551 g/mol. The smallest absolute Gasteiger partial charge is 0.410 e. The van der Waals surface area contributed by atoms with Gasteiger partial charge in [0.1, 0.15) is 17.5 Å². The molecule has 4 rings (SSSR count). The molecule has 1 saturated carbocycles. The predicted octanol–water partition coefficient (Wildman–Crippen LogP) is 5.38. The van der Waals surface area contributed by atoms with Crippen molar-refractivity contribution in [2.45, 2.75) is 90.0 Å². The van der Waals surface area contributed by atoms with E-state index in [4.69, 9.17) is 14.2 Å². The molecule has 0 bridgehead atoms. The summed E-state index contributed by atoms with van der Waals surface area (Å²) in [7, 11) is 0. The largest absolute Gasteiger partial charge is 0.482 e. The molecule has 2 heterocycles. The maximum Gasteiger partial charge on any atom is 0.410 e. The molecule has 40 heavy (non-hydrogen) atoms. The van der Waals surface area contributed by atoms with E-state index in [1.54, 1.807) is 41.6 Å². The molecule has 9 nitrogen and oxygen atoms in total. The van der Waals surface area contributed by atoms with E-state index < -0.39 is 5.60 Å². The molecule has 2 amide bonds. The van der Waals surface area contributed by atoms with Crippen LogP contribution < -0.4 is 4.74 Å². The number of aromatic nitrogens is 1. The molecular formula is C31H41N3O6. The number of piperidine rings is 1. The van der Waals surface area contributed by atoms with Gasteiger partial charge in [0.25, 0.3) is 5.91 Å². The Morgan fingerprint density at radius 2 is 1.68 bits per heavy atom. The summed E-state index contributed by atoms with van der Waals surface area (Å²) < 4.78 is 16.7. The van der Waals surface area contributed by atoms with Crippen LogP contribution in [-0.4, -0.2) is 70.2 Å². The molecule has 2 aromatic rings. The van der Waals surface area contributed by atoms with E-state index in [1.165, 1.54) is 6.42 Å². The highest BCUT2D eigenvalue weighted by Gasteiger charge is 2.32. The maximum atomic E-state index is 13.7. The van der Waals surface area contributed by atoms with E-state index in [9.17, 15) is 14.4 Å². The number of carbonyl (C=O) groups is 3. The summed E-state index contributed by atoms with van der Waals surface area (Å²) >= 11 is 0. The van der Waals surface area contributed by atoms with Crippen LogP contribution in [0.2, 0.25) is 0 Å². The fraction of sp³-hybridized carbons (Fsp3) is 0.548. The topological polar surface area (TPSA) is 98.3 Å². The van der Waals surface area contributed by atoms with Crippen molar-refractivity contribution in [1.29, 1.82) is 0 Å². The van der Waals surface area contributed by atoms with Crippen molar-refractivity contribution in [3.05, 3.63) is 59.9 Å². The molecule has 1 aromatic carbocycles. The van der Waals surface area contributed by atoms with Crippen molar-refractivity contribution in [2.24, 2.45) is 0 Å². The molecule has 0 spiro atoms. The second kappa shape index (κ2) is 13.6. The van der Waals surface area contributed by atoms with Crippen LogP contribution in [0.4, 0.5) is 4.79 Å². The number of ether oxygens (including phenoxy) is 3. The van der Waals surface area contributed by atoms with E-state index in [-0.39, 0.29) is 36.7 Å². The van der Waals surface area contributed by atoms with Crippen LogP contribution in [0.1, 0.15) is 81.6 Å². The Morgan fingerprint density at radius 1 is 0.975 bits per heavy atom. The standard InChI is InChI=1S/C31H41N3O6/c1-31(2,3)40-30(37)33-18-15-25(16-19-33)34(21-23-8-7-17-32-20-23)29(36)24-11-13-26(14-12-24)38-22-28(35)39-27-9-5-4-6-10-27/h7-8,11-14,17,20,25,27H,4-6,9-10,15-16,18-19,21-22H2,1-3H3. The lowest BCUT2D eigenvalue weighted by atomic mass is 9.98. The summed E-state index contributed by atoms with van der Waals surface area (Å²) in [5.74, 6) is 0.0249. The Morgan fingerprint density at radius 3 is 2.30 bits per heavy atom. The van der Waals surface area contributed by atoms with Gasteiger partial charge in [-0.15, -0.1) is 0 Å². The van der Waals surface area contributed by atoms with Gasteiger partial charge in [0.05, 0.1) is 0 Å². The van der Waals surface area contributed by atoms with Crippen LogP contribution in [0.5, 0.6) is 5.75 Å². The lowest BCUT2D eigenvalue weighted by Crippen LogP contribution is -2.49. The molecule has 0 atom stereocenters. The molecule has 216 valence electrons. The Labute approximate surface area is 236 Å². The third-order valence-electron chi connectivity index (χ3n) is 7.20. The lowest BCUT2D eigenvalue weighted by Gasteiger charge is -2.39. The van der Waals surface area contributed by atoms with Crippen LogP contribution in [0.3, 0.4) is 0 Å². The summed E-state index contributed by atoms with van der Waals surface area (Å²) in [5.41, 5.74) is 0.902. The molecule has 0 N–H and O–H groups in total. The number of hydrogen-bond acceptors (Lipinski definition) is 7. The third kappa shape index (κ3) is 8.69. The van der Waals surface area contributed by atoms with Gasteiger partial charge in [0.15, 0.2) is 6.61 Å². The molecule has 2 aliphatic rings. The fourth-order valence-electron chi connectivity index (χ4n) is 5.15. The number of likely N-dealkylation sites (tertiary alicyclic amines) is 1. The maximum absolute atomic E-state index is 13.7. The van der Waals surface area contributed by atoms with Gasteiger partial charge in [-0.2, -0.15) is 0 Å². The SMILES string of the molecule is CC(C)(C)OC(=O)N1CCC(N(Cc2cccnc2)C(=O)c2ccc(OCC(=O)OC3CCCCC3)cc2)CC1. The Kier molecular flexibility index (Phi) is 10.0. The molecule has 0 radical (unpaired) electrons. The highest BCUT2D eigenvalue weighted by atomic mass is 16.6. The zero-order valence-corrected chi connectivity index (χ0v) is 23.8. The Hall–Kier alpha value is -3.62. The van der Waals surface area contributed by atoms with Crippen LogP contribution in [0, 0.1) is 0 Å². The fourth-order valence-corrected chi connectivity index (χ4v) is 5.15. The number of nitrogens with zero attached hydrogens (tertiary/aromatic N) is 3. The summed E-state index contributed by atoms with van der Waals surface area (Å²) in [6, 6.07) is 10.6. The minimum absolute atomic E-state index is 0.00773. The normalized spacial score (nSPS) is 16.7. The molecule has 0 unspecified atom stereocenters. The first-order chi connectivity index (χ1) is 19.2. The van der Waals surface area contributed by atoms with Gasteiger partial charge >= 0.3 is 12.1 Å². The van der Waals surface area contributed by atoms with E-state index in [2.05, 4.69) is 4.98 Å². The molecule has 1 aromatic heterocycles. The lowest BCUT2D eigenvalue weighted by molar-refractivity contribution is -0.152. The number of benzene rings is 1. The Balaban J connectivity index is 1.37. The zero-order chi connectivity index (χ0) is 28.5. The van der Waals surface area contributed by atoms with Gasteiger partial charge < -0.3 is 24.0 Å². The van der Waals surface area contributed by atoms with E-state index in [0.717, 1.165) is 31.2 Å². The van der Waals surface area contributed by atoms with Crippen molar-refractivity contribution in [3.63, 3.8) is 0 Å². The van der Waals surface area contributed by atoms with Crippen LogP contribution in [0.25, 0.3) is 0 Å². The molecule has 1 aliphatic heterocycles. The van der Waals surface area contributed by atoms with Gasteiger partial charge in [-0.1, -0.05) is 12.5 Å². The van der Waals surface area contributed by atoms with Gasteiger partial charge in [0, 0.05) is 43.6 Å². The number of carbonyl (C=O) groups excluding carboxylic acids is 3. The molecule has 9 heteroatoms. The average molecular weight is 552 g/mol. The minimum Gasteiger partial charge on any atom is -0.482 e. The van der Waals surface area contributed by atoms with Crippen molar-refractivity contribution < 1.29 is 28.6 Å². The van der Waals surface area contributed by atoms with E-state index in [0.29, 0.717) is 43.8 Å². The van der Waals surface area contributed by atoms with Crippen molar-refractivity contribution in [2.75, 3.05) is 19.7 Å². The van der Waals surface area contributed by atoms with E-state index >= 15 is 0 Å². The number of pyridine rings is 1. The van der Waals surface area contributed by atoms with Gasteiger partial charge in [0.2, 0.25) is 0 Å². The number of amides is 2. The molecular weight excluding hydrogens is 510 g/mol.